The van der Waals surface area contributed by atoms with E-state index in [1.54, 1.807) is 21.6 Å². The van der Waals surface area contributed by atoms with Crippen molar-refractivity contribution in [2.75, 3.05) is 56.9 Å². The number of alkyl halides is 1. The number of likely N-dealkylation sites (tertiary alicyclic amines) is 3. The van der Waals surface area contributed by atoms with Crippen molar-refractivity contribution in [3.05, 3.63) is 0 Å². The van der Waals surface area contributed by atoms with Crippen molar-refractivity contribution in [3.63, 3.8) is 0 Å². The number of esters is 2. The first kappa shape index (κ1) is 58.1. The van der Waals surface area contributed by atoms with Crippen LogP contribution in [0.5, 0.6) is 0 Å². The number of hydrogen-bond acceptors (Lipinski definition) is 11. The number of amides is 3. The molecule has 0 aliphatic carbocycles. The van der Waals surface area contributed by atoms with Crippen LogP contribution in [0.3, 0.4) is 0 Å². The Hall–Kier alpha value is -2.85. The number of rotatable bonds is 10. The topological polar surface area (TPSA) is 158 Å². The lowest BCUT2D eigenvalue weighted by Crippen LogP contribution is -2.48. The highest BCUT2D eigenvalue weighted by Crippen LogP contribution is 2.38. The van der Waals surface area contributed by atoms with Gasteiger partial charge in [0.25, 0.3) is 0 Å². The Morgan fingerprint density at radius 3 is 1.25 bits per heavy atom. The zero-order chi connectivity index (χ0) is 47.1. The summed E-state index contributed by atoms with van der Waals surface area (Å²) in [6, 6.07) is 0. The third kappa shape index (κ3) is 23.4. The molecule has 0 bridgehead atoms. The minimum Gasteiger partial charge on any atom is -0.466 e. The molecule has 3 aliphatic heterocycles. The average molecular weight is 982 g/mol. The van der Waals surface area contributed by atoms with Gasteiger partial charge in [0.1, 0.15) is 23.1 Å². The summed E-state index contributed by atoms with van der Waals surface area (Å²) in [5, 5.41) is 0. The van der Waals surface area contributed by atoms with Crippen LogP contribution in [0, 0.1) is 16.7 Å². The largest absolute Gasteiger partial charge is 0.466 e. The zero-order valence-electron chi connectivity index (χ0n) is 40.5. The molecule has 3 heterocycles. The first-order valence-corrected chi connectivity index (χ1v) is 24.1. The lowest BCUT2D eigenvalue weighted by Gasteiger charge is -2.40. The molecule has 3 aliphatic rings. The van der Waals surface area contributed by atoms with Crippen LogP contribution in [0.2, 0.25) is 0 Å². The van der Waals surface area contributed by atoms with E-state index in [0.717, 1.165) is 44.8 Å². The smallest absolute Gasteiger partial charge is 0.410 e. The van der Waals surface area contributed by atoms with E-state index >= 15 is 0 Å². The van der Waals surface area contributed by atoms with Crippen LogP contribution in [-0.4, -0.2) is 125 Å². The number of aldehydes is 1. The summed E-state index contributed by atoms with van der Waals surface area (Å²) in [4.78, 5) is 75.9. The maximum atomic E-state index is 12.3. The quantitative estimate of drug-likeness (QED) is 0.0674. The zero-order valence-corrected chi connectivity index (χ0v) is 42.7. The molecule has 0 atom stereocenters. The van der Waals surface area contributed by atoms with E-state index in [1.807, 2.05) is 69.2 Å². The molecule has 0 saturated carbocycles. The Labute approximate surface area is 382 Å². The molecule has 0 N–H and O–H groups in total. The Kier molecular flexibility index (Phi) is 26.7. The number of carbonyl (C=O) groups excluding carboxylic acids is 6. The van der Waals surface area contributed by atoms with Gasteiger partial charge in [-0.15, -0.1) is 0 Å². The van der Waals surface area contributed by atoms with Crippen molar-refractivity contribution < 1.29 is 52.5 Å². The fourth-order valence-corrected chi connectivity index (χ4v) is 7.03. The molecule has 3 fully saturated rings. The maximum absolute atomic E-state index is 12.3. The summed E-state index contributed by atoms with van der Waals surface area (Å²) in [6.45, 7) is 30.9. The van der Waals surface area contributed by atoms with Gasteiger partial charge in [-0.2, -0.15) is 0 Å². The maximum Gasteiger partial charge on any atom is 0.410 e. The number of hydrogen-bond donors (Lipinski definition) is 0. The van der Waals surface area contributed by atoms with E-state index in [1.165, 1.54) is 10.8 Å². The molecule has 0 spiro atoms. The summed E-state index contributed by atoms with van der Waals surface area (Å²) in [5.74, 6) is -0.347. The average Bonchev–Trinajstić information content (AvgIpc) is 3.17. The molecule has 3 amide bonds. The highest BCUT2D eigenvalue weighted by atomic mass is 127. The van der Waals surface area contributed by atoms with Crippen LogP contribution < -0.4 is 0 Å². The van der Waals surface area contributed by atoms with Crippen molar-refractivity contribution in [3.8, 4) is 0 Å². The molecule has 356 valence electrons. The van der Waals surface area contributed by atoms with E-state index in [4.69, 9.17) is 23.7 Å². The van der Waals surface area contributed by atoms with E-state index < -0.39 is 22.2 Å². The third-order valence-electron chi connectivity index (χ3n) is 10.2. The molecule has 0 aromatic carbocycles. The molecule has 0 aromatic heterocycles. The van der Waals surface area contributed by atoms with Crippen molar-refractivity contribution in [2.45, 2.75) is 184 Å². The van der Waals surface area contributed by atoms with E-state index in [-0.39, 0.29) is 41.6 Å². The summed E-state index contributed by atoms with van der Waals surface area (Å²) in [6.07, 6.45) is 9.31. The van der Waals surface area contributed by atoms with Gasteiger partial charge in [-0.25, -0.2) is 14.4 Å². The van der Waals surface area contributed by atoms with Gasteiger partial charge in [-0.1, -0.05) is 56.2 Å². The third-order valence-corrected chi connectivity index (χ3v) is 11.3. The van der Waals surface area contributed by atoms with Gasteiger partial charge in [0.2, 0.25) is 0 Å². The Morgan fingerprint density at radius 1 is 0.574 bits per heavy atom. The summed E-state index contributed by atoms with van der Waals surface area (Å²) in [7, 11) is 0. The predicted octanol–water partition coefficient (Wildman–Crippen LogP) is 10.4. The first-order chi connectivity index (χ1) is 28.3. The van der Waals surface area contributed by atoms with Crippen LogP contribution in [0.4, 0.5) is 14.4 Å². The van der Waals surface area contributed by atoms with Crippen LogP contribution in [0.15, 0.2) is 0 Å². The van der Waals surface area contributed by atoms with Gasteiger partial charge in [0, 0.05) is 44.7 Å². The molecule has 0 radical (unpaired) electrons. The number of carbonyl (C=O) groups is 6. The monoisotopic (exact) mass is 982 g/mol. The molecule has 3 saturated heterocycles. The van der Waals surface area contributed by atoms with E-state index in [9.17, 15) is 28.8 Å². The molecule has 15 heteroatoms. The fourth-order valence-electron chi connectivity index (χ4n) is 7.03. The molecule has 3 rings (SSSR count). The Bertz CT molecular complexity index is 1310. The summed E-state index contributed by atoms with van der Waals surface area (Å²) in [5.41, 5.74) is -2.07. The summed E-state index contributed by atoms with van der Waals surface area (Å²) >= 11 is 2.35. The molecule has 0 aromatic rings. The van der Waals surface area contributed by atoms with Crippen LogP contribution >= 0.6 is 22.6 Å². The van der Waals surface area contributed by atoms with Crippen LogP contribution in [0.1, 0.15) is 168 Å². The van der Waals surface area contributed by atoms with Gasteiger partial charge in [0.15, 0.2) is 0 Å². The second-order valence-electron chi connectivity index (χ2n) is 19.1. The van der Waals surface area contributed by atoms with Crippen molar-refractivity contribution >= 4 is 59.1 Å². The molecule has 0 unspecified atom stereocenters. The highest BCUT2D eigenvalue weighted by Gasteiger charge is 2.43. The normalized spacial score (nSPS) is 17.7. The minimum atomic E-state index is -0.490. The van der Waals surface area contributed by atoms with Crippen LogP contribution in [0.25, 0.3) is 0 Å². The Balaban J connectivity index is 0.000000849. The van der Waals surface area contributed by atoms with Gasteiger partial charge < -0.3 is 43.2 Å². The molecular formula is C46H84IN3O11. The summed E-state index contributed by atoms with van der Waals surface area (Å²) < 4.78 is 27.5. The number of halogens is 1. The number of ether oxygens (including phenoxy) is 5. The molecule has 61 heavy (non-hydrogen) atoms. The SMILES string of the molecule is CCCC1(C(=O)OCC)CCN(C(=O)OC(C)(C)C)CC1.CCCC1(C=O)CCN(C(=O)OC(C)(C)C)CC1.CCCI.CCOC(=O)C1CCN(C(=O)OC(C)(C)C)CC1. The highest BCUT2D eigenvalue weighted by molar-refractivity contribution is 14.1. The van der Waals surface area contributed by atoms with Crippen molar-refractivity contribution in [1.29, 1.82) is 0 Å². The van der Waals surface area contributed by atoms with E-state index in [0.29, 0.717) is 78.2 Å². The second-order valence-corrected chi connectivity index (χ2v) is 20.2. The van der Waals surface area contributed by atoms with Crippen LogP contribution in [-0.2, 0) is 38.1 Å². The van der Waals surface area contributed by atoms with Gasteiger partial charge in [-0.3, -0.25) is 9.59 Å². The molecule has 14 nitrogen and oxygen atoms in total. The predicted molar refractivity (Wildman–Crippen MR) is 248 cm³/mol. The van der Waals surface area contributed by atoms with Crippen molar-refractivity contribution in [1.82, 2.24) is 14.7 Å². The Morgan fingerprint density at radius 2 is 0.934 bits per heavy atom. The minimum absolute atomic E-state index is 0.0800. The lowest BCUT2D eigenvalue weighted by molar-refractivity contribution is -0.159. The number of piperidine rings is 3. The second kappa shape index (κ2) is 28.0. The first-order valence-electron chi connectivity index (χ1n) is 22.6. The molecular weight excluding hydrogens is 897 g/mol. The van der Waals surface area contributed by atoms with Gasteiger partial charge in [0.05, 0.1) is 24.5 Å². The fraction of sp³-hybridized carbons (Fsp3) is 0.870. The van der Waals surface area contributed by atoms with Gasteiger partial charge >= 0.3 is 30.2 Å². The standard InChI is InChI=1S/C16H29NO4.C14H25NO3.C13H23NO4.C3H7I/c1-6-8-16(13(18)20-7-2)9-11-17(12-10-16)14(19)21-15(3,4)5;1-5-6-14(11-16)7-9-15(10-8-14)12(17)18-13(2,3)4;1-5-17-11(15)10-6-8-14(9-7-10)12(16)18-13(2,3)4;1-2-3-4/h6-12H2,1-5H3;11H,5-10H2,1-4H3;10H,5-9H2,1-4H3;2-3H2,1H3. The van der Waals surface area contributed by atoms with Crippen molar-refractivity contribution in [2.24, 2.45) is 16.7 Å². The lowest BCUT2D eigenvalue weighted by atomic mass is 9.75. The number of nitrogens with zero attached hydrogens (tertiary/aromatic N) is 3. The van der Waals surface area contributed by atoms with Gasteiger partial charge in [-0.05, 0) is 138 Å². The van der Waals surface area contributed by atoms with E-state index in [2.05, 4.69) is 43.4 Å².